The van der Waals surface area contributed by atoms with Crippen LogP contribution < -0.4 is 15.4 Å². The molecule has 0 radical (unpaired) electrons. The van der Waals surface area contributed by atoms with Gasteiger partial charge in [-0.1, -0.05) is 13.8 Å². The van der Waals surface area contributed by atoms with E-state index in [9.17, 15) is 13.2 Å². The summed E-state index contributed by atoms with van der Waals surface area (Å²) in [6.07, 6.45) is 2.52. The molecule has 0 unspecified atom stereocenters. The molecule has 0 bridgehead atoms. The topological polar surface area (TPSA) is 92.5 Å². The first-order valence-electron chi connectivity index (χ1n) is 7.98. The molecular weight excluding hydrogens is 314 g/mol. The van der Waals surface area contributed by atoms with E-state index in [1.54, 1.807) is 12.1 Å². The van der Waals surface area contributed by atoms with Crippen LogP contribution in [0.4, 0.5) is 5.69 Å². The number of hydrogen-bond donors (Lipinski definition) is 2. The van der Waals surface area contributed by atoms with Gasteiger partial charge in [0.1, 0.15) is 0 Å². The van der Waals surface area contributed by atoms with Crippen LogP contribution in [-0.4, -0.2) is 33.0 Å². The normalized spacial score (nSPS) is 17.4. The Labute approximate surface area is 138 Å². The van der Waals surface area contributed by atoms with Gasteiger partial charge in [0.2, 0.25) is 15.9 Å². The monoisotopic (exact) mass is 339 g/mol. The molecule has 0 aromatic heterocycles. The van der Waals surface area contributed by atoms with Crippen LogP contribution in [0.3, 0.4) is 0 Å². The minimum Gasteiger partial charge on any atom is -0.359 e. The molecule has 3 N–H and O–H groups in total. The van der Waals surface area contributed by atoms with Gasteiger partial charge in [-0.25, -0.2) is 13.6 Å². The predicted octanol–water partition coefficient (Wildman–Crippen LogP) is 1.39. The largest absolute Gasteiger partial charge is 0.359 e. The molecule has 1 atom stereocenters. The van der Waals surface area contributed by atoms with Crippen molar-refractivity contribution in [2.75, 3.05) is 11.4 Å². The van der Waals surface area contributed by atoms with Crippen molar-refractivity contribution >= 4 is 21.6 Å². The first-order valence-corrected chi connectivity index (χ1v) is 9.52. The molecule has 0 saturated carbocycles. The van der Waals surface area contributed by atoms with Crippen LogP contribution in [0.1, 0.15) is 39.2 Å². The SMILES string of the molecule is CCC(CC)NC(=O)CN1c2ccc(S(N)(=O)=O)cc2C[C@@H]1C. The first kappa shape index (κ1) is 17.7. The minimum absolute atomic E-state index is 0.00563. The van der Waals surface area contributed by atoms with Crippen molar-refractivity contribution in [2.24, 2.45) is 5.14 Å². The summed E-state index contributed by atoms with van der Waals surface area (Å²) in [4.78, 5) is 14.4. The van der Waals surface area contributed by atoms with Gasteiger partial charge in [0, 0.05) is 17.8 Å². The Morgan fingerprint density at radius 1 is 1.39 bits per heavy atom. The maximum absolute atomic E-state index is 12.2. The van der Waals surface area contributed by atoms with E-state index in [0.717, 1.165) is 24.1 Å². The zero-order chi connectivity index (χ0) is 17.2. The summed E-state index contributed by atoms with van der Waals surface area (Å²) < 4.78 is 22.9. The highest BCUT2D eigenvalue weighted by atomic mass is 32.2. The summed E-state index contributed by atoms with van der Waals surface area (Å²) in [5, 5.41) is 8.21. The molecule has 2 rings (SSSR count). The molecule has 0 aliphatic carbocycles. The number of fused-ring (bicyclic) bond motifs is 1. The molecule has 0 saturated heterocycles. The van der Waals surface area contributed by atoms with Crippen LogP contribution in [0.15, 0.2) is 23.1 Å². The minimum atomic E-state index is -3.70. The fraction of sp³-hybridized carbons (Fsp3) is 0.562. The Morgan fingerprint density at radius 2 is 2.04 bits per heavy atom. The van der Waals surface area contributed by atoms with E-state index in [4.69, 9.17) is 5.14 Å². The van der Waals surface area contributed by atoms with Gasteiger partial charge in [-0.05, 0) is 49.9 Å². The fourth-order valence-electron chi connectivity index (χ4n) is 3.01. The first-order chi connectivity index (χ1) is 10.8. The predicted molar refractivity (Wildman–Crippen MR) is 90.8 cm³/mol. The van der Waals surface area contributed by atoms with Crippen molar-refractivity contribution < 1.29 is 13.2 Å². The third kappa shape index (κ3) is 4.03. The summed E-state index contributed by atoms with van der Waals surface area (Å²) in [7, 11) is -3.70. The zero-order valence-corrected chi connectivity index (χ0v) is 14.7. The Bertz CT molecular complexity index is 684. The Morgan fingerprint density at radius 3 is 2.61 bits per heavy atom. The van der Waals surface area contributed by atoms with Gasteiger partial charge >= 0.3 is 0 Å². The lowest BCUT2D eigenvalue weighted by atomic mass is 10.1. The van der Waals surface area contributed by atoms with E-state index < -0.39 is 10.0 Å². The third-order valence-corrected chi connectivity index (χ3v) is 5.31. The van der Waals surface area contributed by atoms with Gasteiger partial charge in [0.15, 0.2) is 0 Å². The number of primary sulfonamides is 1. The van der Waals surface area contributed by atoms with E-state index in [2.05, 4.69) is 19.2 Å². The van der Waals surface area contributed by atoms with Crippen molar-refractivity contribution in [1.29, 1.82) is 0 Å². The number of nitrogens with two attached hydrogens (primary N) is 1. The summed E-state index contributed by atoms with van der Waals surface area (Å²) in [5.41, 5.74) is 1.82. The second-order valence-corrected chi connectivity index (χ2v) is 7.66. The van der Waals surface area contributed by atoms with E-state index in [0.29, 0.717) is 6.42 Å². The number of hydrogen-bond acceptors (Lipinski definition) is 4. The molecule has 1 aromatic rings. The van der Waals surface area contributed by atoms with Crippen molar-refractivity contribution in [3.8, 4) is 0 Å². The fourth-order valence-corrected chi connectivity index (χ4v) is 3.57. The summed E-state index contributed by atoms with van der Waals surface area (Å²) in [6.45, 7) is 6.41. The lowest BCUT2D eigenvalue weighted by Crippen LogP contribution is -2.43. The molecule has 6 nitrogen and oxygen atoms in total. The lowest BCUT2D eigenvalue weighted by Gasteiger charge is -2.25. The van der Waals surface area contributed by atoms with E-state index in [1.165, 1.54) is 6.07 Å². The van der Waals surface area contributed by atoms with E-state index in [-0.39, 0.29) is 29.4 Å². The molecule has 0 spiro atoms. The average Bonchev–Trinajstić information content (AvgIpc) is 2.79. The number of nitrogens with one attached hydrogen (secondary N) is 1. The van der Waals surface area contributed by atoms with Gasteiger partial charge in [0.05, 0.1) is 11.4 Å². The molecule has 23 heavy (non-hydrogen) atoms. The Balaban J connectivity index is 2.16. The van der Waals surface area contributed by atoms with Crippen molar-refractivity contribution in [3.05, 3.63) is 23.8 Å². The quantitative estimate of drug-likeness (QED) is 0.819. The highest BCUT2D eigenvalue weighted by Gasteiger charge is 2.28. The van der Waals surface area contributed by atoms with Crippen molar-refractivity contribution in [3.63, 3.8) is 0 Å². The van der Waals surface area contributed by atoms with Crippen LogP contribution in [0.5, 0.6) is 0 Å². The molecule has 1 aliphatic rings. The van der Waals surface area contributed by atoms with Gasteiger partial charge in [-0.2, -0.15) is 0 Å². The Kier molecular flexibility index (Phi) is 5.31. The van der Waals surface area contributed by atoms with Gasteiger partial charge in [0.25, 0.3) is 0 Å². The van der Waals surface area contributed by atoms with E-state index in [1.807, 2.05) is 11.8 Å². The van der Waals surface area contributed by atoms with Crippen LogP contribution in [0, 0.1) is 0 Å². The lowest BCUT2D eigenvalue weighted by molar-refractivity contribution is -0.120. The molecule has 1 amide bonds. The number of benzene rings is 1. The van der Waals surface area contributed by atoms with Crippen LogP contribution >= 0.6 is 0 Å². The summed E-state index contributed by atoms with van der Waals surface area (Å²) >= 11 is 0. The molecule has 0 fully saturated rings. The van der Waals surface area contributed by atoms with Gasteiger partial charge in [-0.15, -0.1) is 0 Å². The molecule has 1 heterocycles. The number of carbonyl (C=O) groups excluding carboxylic acids is 1. The number of rotatable bonds is 6. The average molecular weight is 339 g/mol. The molecule has 128 valence electrons. The standard InChI is InChI=1S/C16H25N3O3S/c1-4-13(5-2)18-16(20)10-19-11(3)8-12-9-14(23(17,21)22)6-7-15(12)19/h6-7,9,11,13H,4-5,8,10H2,1-3H3,(H,18,20)(H2,17,21,22)/t11-/m0/s1. The molecule has 1 aromatic carbocycles. The maximum atomic E-state index is 12.2. The van der Waals surface area contributed by atoms with Gasteiger partial charge < -0.3 is 10.2 Å². The number of nitrogens with zero attached hydrogens (tertiary/aromatic N) is 1. The number of anilines is 1. The summed E-state index contributed by atoms with van der Waals surface area (Å²) in [5.74, 6) is -0.00563. The molecular formula is C16H25N3O3S. The molecule has 1 aliphatic heterocycles. The van der Waals surface area contributed by atoms with Crippen LogP contribution in [0.25, 0.3) is 0 Å². The van der Waals surface area contributed by atoms with Crippen LogP contribution in [0.2, 0.25) is 0 Å². The summed E-state index contributed by atoms with van der Waals surface area (Å²) in [6, 6.07) is 5.19. The molecule has 7 heteroatoms. The zero-order valence-electron chi connectivity index (χ0n) is 13.9. The second kappa shape index (κ2) is 6.88. The van der Waals surface area contributed by atoms with Crippen molar-refractivity contribution in [2.45, 2.75) is 57.0 Å². The van der Waals surface area contributed by atoms with Crippen molar-refractivity contribution in [1.82, 2.24) is 5.32 Å². The Hall–Kier alpha value is -1.60. The van der Waals surface area contributed by atoms with Crippen LogP contribution in [-0.2, 0) is 21.2 Å². The number of sulfonamides is 1. The highest BCUT2D eigenvalue weighted by molar-refractivity contribution is 7.89. The van der Waals surface area contributed by atoms with Gasteiger partial charge in [-0.3, -0.25) is 4.79 Å². The highest BCUT2D eigenvalue weighted by Crippen LogP contribution is 2.33. The maximum Gasteiger partial charge on any atom is 0.239 e. The second-order valence-electron chi connectivity index (χ2n) is 6.10. The van der Waals surface area contributed by atoms with E-state index >= 15 is 0 Å². The third-order valence-electron chi connectivity index (χ3n) is 4.40. The number of amides is 1. The number of carbonyl (C=O) groups is 1. The smallest absolute Gasteiger partial charge is 0.239 e.